The van der Waals surface area contributed by atoms with Gasteiger partial charge in [0.2, 0.25) is 0 Å². The van der Waals surface area contributed by atoms with Crippen molar-refractivity contribution in [2.75, 3.05) is 19.7 Å². The molecule has 0 radical (unpaired) electrons. The number of ether oxygens (including phenoxy) is 1. The molecule has 0 saturated carbocycles. The summed E-state index contributed by atoms with van der Waals surface area (Å²) in [6.45, 7) is 1.95. The van der Waals surface area contributed by atoms with E-state index in [9.17, 15) is 9.90 Å². The number of piperidine rings is 1. The van der Waals surface area contributed by atoms with Crippen molar-refractivity contribution in [1.29, 1.82) is 0 Å². The Morgan fingerprint density at radius 2 is 2.21 bits per heavy atom. The lowest BCUT2D eigenvalue weighted by Gasteiger charge is -2.28. The number of β-amino-alcohol motifs (C(OH)–C–C–N with tert-alkyl or cyclic N) is 1. The molecule has 0 spiro atoms. The van der Waals surface area contributed by atoms with E-state index < -0.39 is 5.97 Å². The molecule has 1 aliphatic heterocycles. The monoisotopic (exact) mass is 265 g/mol. The summed E-state index contributed by atoms with van der Waals surface area (Å²) >= 11 is 0. The molecule has 5 heteroatoms. The predicted molar refractivity (Wildman–Crippen MR) is 70.5 cm³/mol. The van der Waals surface area contributed by atoms with Crippen LogP contribution in [0.5, 0.6) is 5.75 Å². The van der Waals surface area contributed by atoms with Gasteiger partial charge in [0.25, 0.3) is 0 Å². The molecule has 2 atom stereocenters. The number of aromatic carboxylic acids is 1. The van der Waals surface area contributed by atoms with E-state index in [1.165, 1.54) is 6.07 Å². The third-order valence-electron chi connectivity index (χ3n) is 3.45. The van der Waals surface area contributed by atoms with Crippen molar-refractivity contribution in [2.24, 2.45) is 5.92 Å². The van der Waals surface area contributed by atoms with Gasteiger partial charge in [-0.25, -0.2) is 4.79 Å². The Balaban J connectivity index is 1.87. The summed E-state index contributed by atoms with van der Waals surface area (Å²) in [5.41, 5.74) is 0.174. The molecule has 1 fully saturated rings. The predicted octanol–water partition coefficient (Wildman–Crippen LogP) is 1.12. The largest absolute Gasteiger partial charge is 0.493 e. The van der Waals surface area contributed by atoms with E-state index in [-0.39, 0.29) is 17.6 Å². The fourth-order valence-corrected chi connectivity index (χ4v) is 2.32. The Labute approximate surface area is 112 Å². The molecule has 3 N–H and O–H groups in total. The third-order valence-corrected chi connectivity index (χ3v) is 3.45. The van der Waals surface area contributed by atoms with Crippen molar-refractivity contribution in [1.82, 2.24) is 5.32 Å². The number of aliphatic hydroxyl groups excluding tert-OH is 1. The van der Waals surface area contributed by atoms with Crippen LogP contribution in [0.25, 0.3) is 0 Å². The maximum atomic E-state index is 11.0. The second-order valence-corrected chi connectivity index (χ2v) is 4.76. The number of hydrogen-bond donors (Lipinski definition) is 3. The molecule has 0 aromatic heterocycles. The average Bonchev–Trinajstić information content (AvgIpc) is 2.41. The molecule has 19 heavy (non-hydrogen) atoms. The molecule has 5 nitrogen and oxygen atoms in total. The molecule has 2 rings (SSSR count). The van der Waals surface area contributed by atoms with Crippen LogP contribution in [0, 0.1) is 5.92 Å². The maximum absolute atomic E-state index is 11.0. The highest BCUT2D eigenvalue weighted by Gasteiger charge is 2.22. The molecule has 1 aromatic rings. The first-order valence-corrected chi connectivity index (χ1v) is 6.52. The second kappa shape index (κ2) is 6.54. The minimum absolute atomic E-state index is 0.174. The number of nitrogens with one attached hydrogen (secondary N) is 1. The number of rotatable bonds is 5. The number of carbonyl (C=O) groups is 1. The van der Waals surface area contributed by atoms with Gasteiger partial charge in [0.1, 0.15) is 11.3 Å². The summed E-state index contributed by atoms with van der Waals surface area (Å²) in [5, 5.41) is 22.0. The molecule has 0 bridgehead atoms. The lowest BCUT2D eigenvalue weighted by molar-refractivity contribution is 0.0657. The number of hydrogen-bond acceptors (Lipinski definition) is 4. The zero-order valence-electron chi connectivity index (χ0n) is 10.7. The van der Waals surface area contributed by atoms with Crippen molar-refractivity contribution in [2.45, 2.75) is 18.9 Å². The second-order valence-electron chi connectivity index (χ2n) is 4.76. The van der Waals surface area contributed by atoms with Gasteiger partial charge in [-0.3, -0.25) is 0 Å². The zero-order chi connectivity index (χ0) is 13.7. The fourth-order valence-electron chi connectivity index (χ4n) is 2.32. The van der Waals surface area contributed by atoms with Gasteiger partial charge < -0.3 is 20.3 Å². The average molecular weight is 265 g/mol. The van der Waals surface area contributed by atoms with Crippen LogP contribution in [0.15, 0.2) is 24.3 Å². The highest BCUT2D eigenvalue weighted by atomic mass is 16.5. The summed E-state index contributed by atoms with van der Waals surface area (Å²) < 4.78 is 5.54. The van der Waals surface area contributed by atoms with Crippen LogP contribution in [0.4, 0.5) is 0 Å². The number of carboxylic acids is 1. The fraction of sp³-hybridized carbons (Fsp3) is 0.500. The molecule has 104 valence electrons. The van der Waals surface area contributed by atoms with Gasteiger partial charge in [0.15, 0.2) is 0 Å². The summed E-state index contributed by atoms with van der Waals surface area (Å²) in [4.78, 5) is 11.0. The third kappa shape index (κ3) is 3.68. The number of carboxylic acid groups (broad SMARTS) is 1. The van der Waals surface area contributed by atoms with Crippen LogP contribution < -0.4 is 10.1 Å². The minimum atomic E-state index is -0.988. The van der Waals surface area contributed by atoms with Crippen LogP contribution >= 0.6 is 0 Å². The standard InChI is InChI=1S/C14H19NO4/c16-12-9-15-7-5-10(12)6-8-19-13-4-2-1-3-11(13)14(17)18/h1-4,10,12,15-16H,5-9H2,(H,17,18). The lowest BCUT2D eigenvalue weighted by Crippen LogP contribution is -2.41. The minimum Gasteiger partial charge on any atom is -0.493 e. The Morgan fingerprint density at radius 3 is 2.95 bits per heavy atom. The van der Waals surface area contributed by atoms with Crippen molar-refractivity contribution >= 4 is 5.97 Å². The first-order valence-electron chi connectivity index (χ1n) is 6.52. The van der Waals surface area contributed by atoms with E-state index in [1.807, 2.05) is 0 Å². The van der Waals surface area contributed by atoms with Crippen molar-refractivity contribution in [3.05, 3.63) is 29.8 Å². The Kier molecular flexibility index (Phi) is 4.76. The van der Waals surface area contributed by atoms with Crippen LogP contribution in [0.2, 0.25) is 0 Å². The van der Waals surface area contributed by atoms with Gasteiger partial charge >= 0.3 is 5.97 Å². The topological polar surface area (TPSA) is 78.8 Å². The molecular weight excluding hydrogens is 246 g/mol. The Morgan fingerprint density at radius 1 is 1.42 bits per heavy atom. The molecular formula is C14H19NO4. The smallest absolute Gasteiger partial charge is 0.339 e. The summed E-state index contributed by atoms with van der Waals surface area (Å²) in [5.74, 6) is -0.380. The number of aliphatic hydroxyl groups is 1. The SMILES string of the molecule is O=C(O)c1ccccc1OCCC1CCNCC1O. The number of benzene rings is 1. The van der Waals surface area contributed by atoms with E-state index in [0.29, 0.717) is 18.9 Å². The molecule has 1 aromatic carbocycles. The van der Waals surface area contributed by atoms with E-state index in [4.69, 9.17) is 9.84 Å². The van der Waals surface area contributed by atoms with Gasteiger partial charge in [0.05, 0.1) is 12.7 Å². The van der Waals surface area contributed by atoms with Crippen molar-refractivity contribution in [3.63, 3.8) is 0 Å². The lowest BCUT2D eigenvalue weighted by atomic mass is 9.92. The molecule has 1 heterocycles. The maximum Gasteiger partial charge on any atom is 0.339 e. The summed E-state index contributed by atoms with van der Waals surface area (Å²) in [6.07, 6.45) is 1.31. The first-order chi connectivity index (χ1) is 9.18. The van der Waals surface area contributed by atoms with Crippen LogP contribution in [0.3, 0.4) is 0 Å². The molecule has 0 aliphatic carbocycles. The van der Waals surface area contributed by atoms with E-state index >= 15 is 0 Å². The quantitative estimate of drug-likeness (QED) is 0.743. The van der Waals surface area contributed by atoms with Gasteiger partial charge in [-0.15, -0.1) is 0 Å². The molecule has 1 aliphatic rings. The van der Waals surface area contributed by atoms with Crippen LogP contribution in [-0.4, -0.2) is 42.0 Å². The summed E-state index contributed by atoms with van der Waals surface area (Å²) in [7, 11) is 0. The van der Waals surface area contributed by atoms with Gasteiger partial charge in [0, 0.05) is 6.54 Å². The highest BCUT2D eigenvalue weighted by molar-refractivity contribution is 5.90. The van der Waals surface area contributed by atoms with Gasteiger partial charge in [-0.05, 0) is 37.4 Å². The van der Waals surface area contributed by atoms with E-state index in [2.05, 4.69) is 5.32 Å². The summed E-state index contributed by atoms with van der Waals surface area (Å²) in [6, 6.07) is 6.60. The van der Waals surface area contributed by atoms with E-state index in [0.717, 1.165) is 19.4 Å². The number of para-hydroxylation sites is 1. The molecule has 1 saturated heterocycles. The van der Waals surface area contributed by atoms with Gasteiger partial charge in [-0.1, -0.05) is 12.1 Å². The molecule has 0 amide bonds. The Hall–Kier alpha value is -1.59. The van der Waals surface area contributed by atoms with Crippen LogP contribution in [-0.2, 0) is 0 Å². The first kappa shape index (κ1) is 13.8. The van der Waals surface area contributed by atoms with Crippen LogP contribution in [0.1, 0.15) is 23.2 Å². The highest BCUT2D eigenvalue weighted by Crippen LogP contribution is 2.21. The normalized spacial score (nSPS) is 23.0. The molecule has 2 unspecified atom stereocenters. The van der Waals surface area contributed by atoms with E-state index in [1.54, 1.807) is 18.2 Å². The van der Waals surface area contributed by atoms with Gasteiger partial charge in [-0.2, -0.15) is 0 Å². The van der Waals surface area contributed by atoms with Crippen molar-refractivity contribution < 1.29 is 19.7 Å². The zero-order valence-corrected chi connectivity index (χ0v) is 10.7. The Bertz CT molecular complexity index is 435. The van der Waals surface area contributed by atoms with Crippen molar-refractivity contribution in [3.8, 4) is 5.75 Å².